The topological polar surface area (TPSA) is 84.3 Å². The molecule has 1 fully saturated rings. The number of sulfonamides is 1. The fraction of sp³-hybridized carbons (Fsp3) is 0.360. The number of nitrogens with one attached hydrogen (secondary N) is 1. The molecule has 0 atom stereocenters. The second-order valence-electron chi connectivity index (χ2n) is 8.79. The molecule has 8 heteroatoms. The van der Waals surface area contributed by atoms with Crippen molar-refractivity contribution in [3.05, 3.63) is 71.5 Å². The Kier molecular flexibility index (Phi) is 6.67. The van der Waals surface area contributed by atoms with Gasteiger partial charge in [0.05, 0.1) is 28.0 Å². The van der Waals surface area contributed by atoms with Crippen LogP contribution >= 0.6 is 0 Å². The lowest BCUT2D eigenvalue weighted by molar-refractivity contribution is 0.102. The molecule has 1 aromatic heterocycles. The first-order valence-electron chi connectivity index (χ1n) is 11.3. The number of aryl methyl sites for hydroxylation is 1. The standard InChI is InChI=1S/C25H30N4O3S/c1-18(2)24-23(17-26-29(24)21-12-10-19(3)11-13-21)25(30)27-20-8-7-9-22(16-20)33(31,32)28-14-5-4-6-15-28/h7-13,16-18H,4-6,14-15H2,1-3H3,(H,27,30). The Morgan fingerprint density at radius 1 is 1.03 bits per heavy atom. The van der Waals surface area contributed by atoms with E-state index in [-0.39, 0.29) is 16.7 Å². The van der Waals surface area contributed by atoms with E-state index in [1.807, 2.05) is 45.0 Å². The number of carbonyl (C=O) groups excluding carboxylic acids is 1. The third-order valence-electron chi connectivity index (χ3n) is 5.92. The summed E-state index contributed by atoms with van der Waals surface area (Å²) in [7, 11) is -3.58. The van der Waals surface area contributed by atoms with Crippen LogP contribution in [0.3, 0.4) is 0 Å². The number of rotatable bonds is 6. The number of anilines is 1. The number of amides is 1. The van der Waals surface area contributed by atoms with Crippen molar-refractivity contribution in [2.24, 2.45) is 0 Å². The van der Waals surface area contributed by atoms with Crippen LogP contribution < -0.4 is 5.32 Å². The predicted molar refractivity (Wildman–Crippen MR) is 129 cm³/mol. The van der Waals surface area contributed by atoms with Crippen LogP contribution in [0.1, 0.15) is 60.6 Å². The predicted octanol–water partition coefficient (Wildman–Crippen LogP) is 4.73. The lowest BCUT2D eigenvalue weighted by atomic mass is 10.0. The molecule has 2 aromatic carbocycles. The highest BCUT2D eigenvalue weighted by atomic mass is 32.2. The van der Waals surface area contributed by atoms with Gasteiger partial charge in [-0.15, -0.1) is 0 Å². The summed E-state index contributed by atoms with van der Waals surface area (Å²) in [6, 6.07) is 14.4. The van der Waals surface area contributed by atoms with Crippen molar-refractivity contribution in [2.45, 2.75) is 50.8 Å². The Morgan fingerprint density at radius 3 is 2.39 bits per heavy atom. The maximum absolute atomic E-state index is 13.2. The third-order valence-corrected chi connectivity index (χ3v) is 7.82. The molecular weight excluding hydrogens is 436 g/mol. The molecule has 1 saturated heterocycles. The van der Waals surface area contributed by atoms with Crippen LogP contribution in [-0.4, -0.2) is 41.5 Å². The van der Waals surface area contributed by atoms with E-state index in [1.165, 1.54) is 10.4 Å². The monoisotopic (exact) mass is 466 g/mol. The Morgan fingerprint density at radius 2 is 1.73 bits per heavy atom. The Labute approximate surface area is 195 Å². The summed E-state index contributed by atoms with van der Waals surface area (Å²) in [4.78, 5) is 13.4. The average molecular weight is 467 g/mol. The van der Waals surface area contributed by atoms with Gasteiger partial charge >= 0.3 is 0 Å². The lowest BCUT2D eigenvalue weighted by Gasteiger charge is -2.26. The molecule has 0 aliphatic carbocycles. The smallest absolute Gasteiger partial charge is 0.259 e. The quantitative estimate of drug-likeness (QED) is 0.569. The van der Waals surface area contributed by atoms with Gasteiger partial charge in [0, 0.05) is 18.8 Å². The van der Waals surface area contributed by atoms with Gasteiger partial charge in [0.25, 0.3) is 5.91 Å². The van der Waals surface area contributed by atoms with E-state index in [0.29, 0.717) is 24.3 Å². The zero-order valence-electron chi connectivity index (χ0n) is 19.3. The fourth-order valence-corrected chi connectivity index (χ4v) is 5.73. The summed E-state index contributed by atoms with van der Waals surface area (Å²) in [6.07, 6.45) is 4.37. The van der Waals surface area contributed by atoms with Gasteiger partial charge in [0.2, 0.25) is 10.0 Å². The summed E-state index contributed by atoms with van der Waals surface area (Å²) < 4.78 is 29.4. The summed E-state index contributed by atoms with van der Waals surface area (Å²) in [5.41, 5.74) is 3.74. The summed E-state index contributed by atoms with van der Waals surface area (Å²) >= 11 is 0. The van der Waals surface area contributed by atoms with Gasteiger partial charge in [-0.05, 0) is 56.0 Å². The lowest BCUT2D eigenvalue weighted by Crippen LogP contribution is -2.35. The molecular formula is C25H30N4O3S. The number of aromatic nitrogens is 2. The minimum absolute atomic E-state index is 0.0559. The Bertz CT molecular complexity index is 1240. The van der Waals surface area contributed by atoms with Crippen molar-refractivity contribution in [1.82, 2.24) is 14.1 Å². The van der Waals surface area contributed by atoms with Crippen molar-refractivity contribution in [1.29, 1.82) is 0 Å². The first kappa shape index (κ1) is 23.2. The van der Waals surface area contributed by atoms with E-state index >= 15 is 0 Å². The van der Waals surface area contributed by atoms with Gasteiger partial charge in [0.1, 0.15) is 0 Å². The highest BCUT2D eigenvalue weighted by Gasteiger charge is 2.26. The largest absolute Gasteiger partial charge is 0.322 e. The third kappa shape index (κ3) is 4.86. The first-order valence-corrected chi connectivity index (χ1v) is 12.8. The van der Waals surface area contributed by atoms with Gasteiger partial charge in [-0.3, -0.25) is 4.79 Å². The molecule has 0 unspecified atom stereocenters. The van der Waals surface area contributed by atoms with E-state index in [9.17, 15) is 13.2 Å². The van der Waals surface area contributed by atoms with Crippen LogP contribution in [0.5, 0.6) is 0 Å². The summed E-state index contributed by atoms with van der Waals surface area (Å²) in [5.74, 6) is -0.259. The number of benzene rings is 2. The van der Waals surface area contributed by atoms with Crippen molar-refractivity contribution in [2.75, 3.05) is 18.4 Å². The summed E-state index contributed by atoms with van der Waals surface area (Å²) in [6.45, 7) is 7.13. The average Bonchev–Trinajstić information content (AvgIpc) is 3.26. The minimum atomic E-state index is -3.58. The van der Waals surface area contributed by atoms with Gasteiger partial charge in [-0.1, -0.05) is 44.0 Å². The van der Waals surface area contributed by atoms with Gasteiger partial charge < -0.3 is 5.32 Å². The van der Waals surface area contributed by atoms with Gasteiger partial charge in [-0.2, -0.15) is 9.40 Å². The van der Waals surface area contributed by atoms with Crippen molar-refractivity contribution < 1.29 is 13.2 Å². The molecule has 33 heavy (non-hydrogen) atoms. The van der Waals surface area contributed by atoms with Crippen LogP contribution in [0.2, 0.25) is 0 Å². The Balaban J connectivity index is 1.60. The molecule has 1 amide bonds. The molecule has 1 aliphatic heterocycles. The molecule has 174 valence electrons. The SMILES string of the molecule is Cc1ccc(-n2ncc(C(=O)Nc3cccc(S(=O)(=O)N4CCCCC4)c3)c2C(C)C)cc1. The normalized spacial score (nSPS) is 15.0. The molecule has 7 nitrogen and oxygen atoms in total. The number of hydrogen-bond acceptors (Lipinski definition) is 4. The zero-order chi connectivity index (χ0) is 23.6. The first-order chi connectivity index (χ1) is 15.8. The van der Waals surface area contributed by atoms with Crippen LogP contribution in [0, 0.1) is 6.92 Å². The number of piperidine rings is 1. The van der Waals surface area contributed by atoms with E-state index in [1.54, 1.807) is 29.1 Å². The van der Waals surface area contributed by atoms with E-state index < -0.39 is 10.0 Å². The fourth-order valence-electron chi connectivity index (χ4n) is 4.17. The van der Waals surface area contributed by atoms with Crippen molar-refractivity contribution >= 4 is 21.6 Å². The van der Waals surface area contributed by atoms with E-state index in [4.69, 9.17) is 0 Å². The summed E-state index contributed by atoms with van der Waals surface area (Å²) in [5, 5.41) is 7.34. The molecule has 1 aliphatic rings. The van der Waals surface area contributed by atoms with Gasteiger partial charge in [0.15, 0.2) is 0 Å². The van der Waals surface area contributed by atoms with Crippen molar-refractivity contribution in [3.63, 3.8) is 0 Å². The zero-order valence-corrected chi connectivity index (χ0v) is 20.1. The van der Waals surface area contributed by atoms with Gasteiger partial charge in [-0.25, -0.2) is 13.1 Å². The Hall–Kier alpha value is -2.97. The molecule has 0 bridgehead atoms. The van der Waals surface area contributed by atoms with Crippen LogP contribution in [0.4, 0.5) is 5.69 Å². The highest BCUT2D eigenvalue weighted by molar-refractivity contribution is 7.89. The number of carbonyl (C=O) groups is 1. The maximum Gasteiger partial charge on any atom is 0.259 e. The second-order valence-corrected chi connectivity index (χ2v) is 10.7. The molecule has 0 spiro atoms. The maximum atomic E-state index is 13.2. The minimum Gasteiger partial charge on any atom is -0.322 e. The molecule has 0 radical (unpaired) electrons. The number of hydrogen-bond donors (Lipinski definition) is 1. The van der Waals surface area contributed by atoms with E-state index in [0.717, 1.165) is 36.2 Å². The molecule has 2 heterocycles. The van der Waals surface area contributed by atoms with Crippen molar-refractivity contribution in [3.8, 4) is 5.69 Å². The molecule has 1 N–H and O–H groups in total. The van der Waals surface area contributed by atoms with Crippen LogP contribution in [-0.2, 0) is 10.0 Å². The molecule has 3 aromatic rings. The van der Waals surface area contributed by atoms with Crippen LogP contribution in [0.25, 0.3) is 5.69 Å². The molecule has 0 saturated carbocycles. The second kappa shape index (κ2) is 9.49. The van der Waals surface area contributed by atoms with Crippen LogP contribution in [0.15, 0.2) is 59.6 Å². The highest BCUT2D eigenvalue weighted by Crippen LogP contribution is 2.26. The number of nitrogens with zero attached hydrogens (tertiary/aromatic N) is 3. The van der Waals surface area contributed by atoms with E-state index in [2.05, 4.69) is 10.4 Å². The molecule has 4 rings (SSSR count).